The number of anilines is 2. The van der Waals surface area contributed by atoms with Crippen molar-refractivity contribution in [2.45, 2.75) is 51.7 Å². The summed E-state index contributed by atoms with van der Waals surface area (Å²) in [5, 5.41) is 13.5. The molecule has 12 heteroatoms. The number of pyridine rings is 1. The fourth-order valence-electron chi connectivity index (χ4n) is 4.41. The number of carbonyl (C=O) groups excluding carboxylic acids is 2. The van der Waals surface area contributed by atoms with Crippen molar-refractivity contribution < 1.29 is 42.1 Å². The number of halogens is 3. The second kappa shape index (κ2) is 12.9. The van der Waals surface area contributed by atoms with Crippen LogP contribution in [-0.2, 0) is 27.1 Å². The number of aryl methyl sites for hydroxylation is 1. The number of Topliss-reactive ketones (excluding diaryl/α,β-unsaturated/α-hetero) is 1. The first kappa shape index (κ1) is 29.7. The monoisotopic (exact) mass is 571 g/mol. The maximum atomic E-state index is 14.0. The maximum absolute atomic E-state index is 14.0. The third-order valence-corrected chi connectivity index (χ3v) is 6.36. The quantitative estimate of drug-likeness (QED) is 0.200. The molecule has 0 radical (unpaired) electrons. The average Bonchev–Trinajstić information content (AvgIpc) is 2.92. The topological polar surface area (TPSA) is 127 Å². The van der Waals surface area contributed by atoms with Crippen LogP contribution in [0.1, 0.15) is 52.9 Å². The summed E-state index contributed by atoms with van der Waals surface area (Å²) in [6, 6.07) is 11.8. The molecular weight excluding hydrogens is 543 g/mol. The number of ether oxygens (including phenoxy) is 2. The molecule has 3 N–H and O–H groups in total. The first-order chi connectivity index (χ1) is 19.5. The van der Waals surface area contributed by atoms with Crippen LogP contribution in [0.25, 0.3) is 11.1 Å². The van der Waals surface area contributed by atoms with Crippen molar-refractivity contribution in [1.82, 2.24) is 4.98 Å². The summed E-state index contributed by atoms with van der Waals surface area (Å²) in [4.78, 5) is 41.2. The number of nitrogens with zero attached hydrogens (tertiary/aromatic N) is 1. The number of ketones is 1. The second-order valence-corrected chi connectivity index (χ2v) is 9.50. The van der Waals surface area contributed by atoms with E-state index in [4.69, 9.17) is 9.47 Å². The molecular formula is C29H28F3N3O6. The summed E-state index contributed by atoms with van der Waals surface area (Å²) < 4.78 is 52.8. The number of carbonyl (C=O) groups is 3. The van der Waals surface area contributed by atoms with Crippen LogP contribution in [0.2, 0.25) is 0 Å². The molecule has 3 aromatic rings. The van der Waals surface area contributed by atoms with Gasteiger partial charge in [-0.05, 0) is 73.2 Å². The largest absolute Gasteiger partial charge is 0.465 e. The van der Waals surface area contributed by atoms with Crippen LogP contribution in [0.15, 0.2) is 54.7 Å². The normalized spacial score (nSPS) is 15.3. The lowest BCUT2D eigenvalue weighted by atomic mass is 10.00. The summed E-state index contributed by atoms with van der Waals surface area (Å²) in [5.41, 5.74) is 0.340. The van der Waals surface area contributed by atoms with Gasteiger partial charge in [0.25, 0.3) is 0 Å². The Hall–Kier alpha value is -4.29. The number of amides is 2. The van der Waals surface area contributed by atoms with Crippen LogP contribution in [0.5, 0.6) is 0 Å². The van der Waals surface area contributed by atoms with Crippen LogP contribution in [0.4, 0.5) is 29.3 Å². The molecule has 1 fully saturated rings. The molecule has 2 heterocycles. The maximum Gasteiger partial charge on any atom is 0.416 e. The van der Waals surface area contributed by atoms with E-state index in [0.717, 1.165) is 35.7 Å². The third kappa shape index (κ3) is 8.12. The van der Waals surface area contributed by atoms with Crippen molar-refractivity contribution in [2.75, 3.05) is 17.2 Å². The Morgan fingerprint density at radius 1 is 1.05 bits per heavy atom. The molecule has 4 rings (SSSR count). The van der Waals surface area contributed by atoms with E-state index in [1.165, 1.54) is 6.07 Å². The van der Waals surface area contributed by atoms with Gasteiger partial charge in [0.05, 0.1) is 30.0 Å². The number of aromatic nitrogens is 1. The van der Waals surface area contributed by atoms with Gasteiger partial charge in [0.2, 0.25) is 5.91 Å². The molecule has 0 saturated carbocycles. The lowest BCUT2D eigenvalue weighted by molar-refractivity contribution is -0.171. The van der Waals surface area contributed by atoms with Crippen molar-refractivity contribution >= 4 is 29.2 Å². The van der Waals surface area contributed by atoms with Gasteiger partial charge in [0.15, 0.2) is 12.1 Å². The lowest BCUT2D eigenvalue weighted by Crippen LogP contribution is -2.23. The second-order valence-electron chi connectivity index (χ2n) is 9.50. The van der Waals surface area contributed by atoms with Gasteiger partial charge in [-0.3, -0.25) is 19.9 Å². The molecule has 1 aliphatic heterocycles. The van der Waals surface area contributed by atoms with E-state index in [1.807, 2.05) is 18.3 Å². The van der Waals surface area contributed by atoms with Crippen LogP contribution >= 0.6 is 0 Å². The van der Waals surface area contributed by atoms with E-state index < -0.39 is 54.5 Å². The molecule has 2 amide bonds. The molecule has 0 bridgehead atoms. The Bertz CT molecular complexity index is 1440. The van der Waals surface area contributed by atoms with Crippen molar-refractivity contribution in [3.8, 4) is 11.1 Å². The van der Waals surface area contributed by atoms with E-state index in [9.17, 15) is 32.7 Å². The fourth-order valence-corrected chi connectivity index (χ4v) is 4.41. The number of alkyl halides is 3. The van der Waals surface area contributed by atoms with Gasteiger partial charge in [-0.2, -0.15) is 13.2 Å². The van der Waals surface area contributed by atoms with Crippen LogP contribution in [-0.4, -0.2) is 40.8 Å². The minimum Gasteiger partial charge on any atom is -0.465 e. The minimum absolute atomic E-state index is 0.226. The summed E-state index contributed by atoms with van der Waals surface area (Å²) in [6.45, 7) is 1.76. The van der Waals surface area contributed by atoms with Crippen LogP contribution in [0, 0.1) is 6.92 Å². The Morgan fingerprint density at radius 2 is 1.80 bits per heavy atom. The predicted molar refractivity (Wildman–Crippen MR) is 143 cm³/mol. The zero-order chi connectivity index (χ0) is 29.6. The Morgan fingerprint density at radius 3 is 2.49 bits per heavy atom. The Labute approximate surface area is 233 Å². The fraction of sp³-hybridized carbons (Fsp3) is 0.310. The summed E-state index contributed by atoms with van der Waals surface area (Å²) in [6.07, 6.45) is -3.96. The Balaban J connectivity index is 1.54. The van der Waals surface area contributed by atoms with Crippen LogP contribution in [0.3, 0.4) is 0 Å². The van der Waals surface area contributed by atoms with E-state index in [1.54, 1.807) is 30.5 Å². The molecule has 0 spiro atoms. The molecule has 41 heavy (non-hydrogen) atoms. The van der Waals surface area contributed by atoms with Gasteiger partial charge in [-0.1, -0.05) is 18.2 Å². The highest BCUT2D eigenvalue weighted by Crippen LogP contribution is 2.38. The van der Waals surface area contributed by atoms with Crippen molar-refractivity contribution in [3.63, 3.8) is 0 Å². The number of hydrogen-bond donors (Lipinski definition) is 3. The first-order valence-corrected chi connectivity index (χ1v) is 12.8. The molecule has 1 saturated heterocycles. The summed E-state index contributed by atoms with van der Waals surface area (Å²) in [5.74, 6) is -1.49. The average molecular weight is 572 g/mol. The number of rotatable bonds is 9. The number of hydrogen-bond acceptors (Lipinski definition) is 6. The zero-order valence-corrected chi connectivity index (χ0v) is 22.1. The third-order valence-electron chi connectivity index (χ3n) is 6.36. The van der Waals surface area contributed by atoms with Gasteiger partial charge in [0.1, 0.15) is 0 Å². The number of benzene rings is 2. The van der Waals surface area contributed by atoms with E-state index in [-0.39, 0.29) is 16.8 Å². The van der Waals surface area contributed by atoms with Gasteiger partial charge >= 0.3 is 12.3 Å². The van der Waals surface area contributed by atoms with Crippen LogP contribution < -0.4 is 10.6 Å². The number of carboxylic acid groups (broad SMARTS) is 1. The summed E-state index contributed by atoms with van der Waals surface area (Å²) >= 11 is 0. The highest BCUT2D eigenvalue weighted by Gasteiger charge is 2.35. The zero-order valence-electron chi connectivity index (χ0n) is 22.1. The minimum atomic E-state index is -4.84. The predicted octanol–water partition coefficient (Wildman–Crippen LogP) is 6.42. The molecule has 1 atom stereocenters. The molecule has 1 aromatic heterocycles. The molecule has 216 valence electrons. The van der Waals surface area contributed by atoms with Crippen molar-refractivity contribution in [1.29, 1.82) is 0 Å². The SMILES string of the molecule is Cc1cc(-c2cccc(C(=O)CC(=O)Nc3cc(C(F)(F)F)c(COC4CCCCO4)cc3NC(=O)O)c2)ccn1. The molecule has 1 aliphatic rings. The summed E-state index contributed by atoms with van der Waals surface area (Å²) in [7, 11) is 0. The standard InChI is InChI=1S/C29H28F3N3O6/c1-17-11-19(8-9-33-17)18-5-4-6-20(12-18)25(36)15-26(37)34-24-14-22(29(30,31)32)21(13-23(24)35-28(38)39)16-41-27-7-2-3-10-40-27/h4-6,8-9,11-14,27,35H,2-3,7,10,15-16H2,1H3,(H,34,37)(H,38,39). The van der Waals surface area contributed by atoms with Gasteiger partial charge < -0.3 is 19.9 Å². The van der Waals surface area contributed by atoms with E-state index in [2.05, 4.69) is 10.3 Å². The molecule has 9 nitrogen and oxygen atoms in total. The smallest absolute Gasteiger partial charge is 0.416 e. The highest BCUT2D eigenvalue weighted by molar-refractivity contribution is 6.12. The van der Waals surface area contributed by atoms with Gasteiger partial charge in [-0.15, -0.1) is 0 Å². The Kier molecular flexibility index (Phi) is 9.35. The van der Waals surface area contributed by atoms with Gasteiger partial charge in [-0.25, -0.2) is 4.79 Å². The van der Waals surface area contributed by atoms with Gasteiger partial charge in [0, 0.05) is 24.1 Å². The molecule has 1 unspecified atom stereocenters. The lowest BCUT2D eigenvalue weighted by Gasteiger charge is -2.24. The number of nitrogens with one attached hydrogen (secondary N) is 2. The molecule has 0 aliphatic carbocycles. The first-order valence-electron chi connectivity index (χ1n) is 12.8. The highest BCUT2D eigenvalue weighted by atomic mass is 19.4. The van der Waals surface area contributed by atoms with E-state index >= 15 is 0 Å². The van der Waals surface area contributed by atoms with Crippen molar-refractivity contribution in [2.24, 2.45) is 0 Å². The van der Waals surface area contributed by atoms with E-state index in [0.29, 0.717) is 19.1 Å². The van der Waals surface area contributed by atoms with Crippen molar-refractivity contribution in [3.05, 3.63) is 77.1 Å². The molecule has 2 aromatic carbocycles.